The van der Waals surface area contributed by atoms with Crippen molar-refractivity contribution >= 4 is 29.9 Å². The van der Waals surface area contributed by atoms with E-state index in [1.54, 1.807) is 13.9 Å². The summed E-state index contributed by atoms with van der Waals surface area (Å²) in [6, 6.07) is 4.39. The van der Waals surface area contributed by atoms with Gasteiger partial charge in [-0.05, 0) is 23.6 Å². The van der Waals surface area contributed by atoms with Gasteiger partial charge >= 0.3 is 6.30 Å². The summed E-state index contributed by atoms with van der Waals surface area (Å²) in [6.45, 7) is 0. The number of nitrogens with two attached hydrogens (primary N) is 1. The molecule has 2 aromatic rings. The monoisotopic (exact) mass is 212 g/mol. The minimum atomic E-state index is -4.39. The summed E-state index contributed by atoms with van der Waals surface area (Å²) in [6.07, 6.45) is -3.31. The summed E-state index contributed by atoms with van der Waals surface area (Å²) in [4.78, 5) is 0. The zero-order valence-corrected chi connectivity index (χ0v) is 7.97. The van der Waals surface area contributed by atoms with E-state index in [-0.39, 0.29) is 5.52 Å². The number of alkyl halides is 3. The smallest absolute Gasteiger partial charge is 0.399 e. The normalized spacial score (nSPS) is 12.2. The number of nitrogens with zero attached hydrogens (tertiary/aromatic N) is 1. The van der Waals surface area contributed by atoms with E-state index in [9.17, 15) is 13.2 Å². The maximum Gasteiger partial charge on any atom is 0.488 e. The molecule has 2 N–H and O–H groups in total. The molecule has 0 aliphatic heterocycles. The highest BCUT2D eigenvalue weighted by atomic mass is 19.4. The van der Waals surface area contributed by atoms with Crippen LogP contribution < -0.4 is 11.2 Å². The Morgan fingerprint density at radius 3 is 2.53 bits per heavy atom. The van der Waals surface area contributed by atoms with Gasteiger partial charge in [-0.15, -0.1) is 13.2 Å². The van der Waals surface area contributed by atoms with Gasteiger partial charge in [0.2, 0.25) is 0 Å². The van der Waals surface area contributed by atoms with E-state index in [4.69, 9.17) is 5.73 Å². The van der Waals surface area contributed by atoms with Crippen LogP contribution in [0, 0.1) is 0 Å². The highest BCUT2D eigenvalue weighted by Crippen LogP contribution is 2.28. The van der Waals surface area contributed by atoms with Crippen molar-refractivity contribution in [3.8, 4) is 0 Å². The Morgan fingerprint density at radius 1 is 1.27 bits per heavy atom. The molecule has 15 heavy (non-hydrogen) atoms. The summed E-state index contributed by atoms with van der Waals surface area (Å²) in [5.41, 5.74) is 6.68. The van der Waals surface area contributed by atoms with Crippen LogP contribution in [0.25, 0.3) is 10.9 Å². The summed E-state index contributed by atoms with van der Waals surface area (Å²) < 4.78 is 38.0. The van der Waals surface area contributed by atoms with Crippen molar-refractivity contribution in [2.45, 2.75) is 6.30 Å². The molecular formula is C9H8BF3N2. The molecule has 0 radical (unpaired) electrons. The molecule has 2 nitrogen and oxygen atoms in total. The van der Waals surface area contributed by atoms with E-state index in [1.807, 2.05) is 0 Å². The summed E-state index contributed by atoms with van der Waals surface area (Å²) in [7, 11) is 1.63. The number of rotatable bonds is 0. The van der Waals surface area contributed by atoms with E-state index in [0.29, 0.717) is 21.1 Å². The van der Waals surface area contributed by atoms with E-state index in [0.717, 1.165) is 6.20 Å². The van der Waals surface area contributed by atoms with Crippen LogP contribution in [-0.4, -0.2) is 12.4 Å². The average Bonchev–Trinajstić information content (AvgIpc) is 2.43. The number of hydrogen-bond acceptors (Lipinski definition) is 1. The summed E-state index contributed by atoms with van der Waals surface area (Å²) in [5.74, 6) is 0. The van der Waals surface area contributed by atoms with Crippen molar-refractivity contribution in [2.24, 2.45) is 0 Å². The first-order valence-electron chi connectivity index (χ1n) is 4.34. The number of fused-ring (bicyclic) bond motifs is 1. The Hall–Kier alpha value is -1.59. The standard InChI is InChI=1S/C9H8BF3N2/c10-7-4-15(9(11,12)13)8-2-1-5(14)3-6(7)8/h1-4H,10,14H2. The Kier molecular flexibility index (Phi) is 1.96. The van der Waals surface area contributed by atoms with E-state index < -0.39 is 6.30 Å². The van der Waals surface area contributed by atoms with Gasteiger partial charge in [0, 0.05) is 11.9 Å². The van der Waals surface area contributed by atoms with Crippen molar-refractivity contribution in [3.63, 3.8) is 0 Å². The van der Waals surface area contributed by atoms with Gasteiger partial charge in [-0.1, -0.05) is 5.46 Å². The Bertz CT molecular complexity index is 516. The topological polar surface area (TPSA) is 30.9 Å². The molecule has 2 rings (SSSR count). The zero-order valence-electron chi connectivity index (χ0n) is 7.97. The molecule has 0 aliphatic carbocycles. The average molecular weight is 212 g/mol. The van der Waals surface area contributed by atoms with E-state index in [1.165, 1.54) is 12.1 Å². The Labute approximate surface area is 84.9 Å². The van der Waals surface area contributed by atoms with Crippen LogP contribution in [0.1, 0.15) is 0 Å². The number of hydrogen-bond donors (Lipinski definition) is 1. The highest BCUT2D eigenvalue weighted by Gasteiger charge is 2.31. The fourth-order valence-electron chi connectivity index (χ4n) is 1.62. The van der Waals surface area contributed by atoms with Gasteiger partial charge in [-0.25, -0.2) is 0 Å². The predicted octanol–water partition coefficient (Wildman–Crippen LogP) is 0.958. The lowest BCUT2D eigenvalue weighted by molar-refractivity contribution is -0.200. The minimum absolute atomic E-state index is 0.134. The van der Waals surface area contributed by atoms with Crippen molar-refractivity contribution in [3.05, 3.63) is 24.4 Å². The maximum absolute atomic E-state index is 12.6. The molecule has 0 atom stereocenters. The largest absolute Gasteiger partial charge is 0.488 e. The molecule has 0 spiro atoms. The lowest BCUT2D eigenvalue weighted by atomic mass is 9.96. The Balaban J connectivity index is 2.79. The summed E-state index contributed by atoms with van der Waals surface area (Å²) >= 11 is 0. The molecule has 0 fully saturated rings. The molecule has 1 aromatic carbocycles. The van der Waals surface area contributed by atoms with Gasteiger partial charge in [0.05, 0.1) is 5.52 Å². The molecule has 0 amide bonds. The van der Waals surface area contributed by atoms with Crippen molar-refractivity contribution in [1.29, 1.82) is 0 Å². The number of halogens is 3. The molecule has 0 aliphatic rings. The molecule has 78 valence electrons. The molecule has 0 unspecified atom stereocenters. The van der Waals surface area contributed by atoms with Gasteiger partial charge in [0.1, 0.15) is 7.85 Å². The van der Waals surface area contributed by atoms with Gasteiger partial charge in [-0.3, -0.25) is 4.57 Å². The van der Waals surface area contributed by atoms with Crippen LogP contribution in [-0.2, 0) is 6.30 Å². The fraction of sp³-hybridized carbons (Fsp3) is 0.111. The van der Waals surface area contributed by atoms with Gasteiger partial charge in [-0.2, -0.15) is 0 Å². The van der Waals surface area contributed by atoms with Crippen LogP contribution in [0.2, 0.25) is 0 Å². The zero-order chi connectivity index (χ0) is 11.2. The molecule has 1 aromatic heterocycles. The van der Waals surface area contributed by atoms with Crippen LogP contribution >= 0.6 is 0 Å². The maximum atomic E-state index is 12.6. The predicted molar refractivity (Wildman–Crippen MR) is 55.8 cm³/mol. The lowest BCUT2D eigenvalue weighted by Gasteiger charge is -2.08. The van der Waals surface area contributed by atoms with Crippen LogP contribution in [0.3, 0.4) is 0 Å². The van der Waals surface area contributed by atoms with Gasteiger partial charge < -0.3 is 5.73 Å². The number of nitrogen functional groups attached to an aromatic ring is 1. The second kappa shape index (κ2) is 2.95. The van der Waals surface area contributed by atoms with Crippen molar-refractivity contribution in [2.75, 3.05) is 5.73 Å². The van der Waals surface area contributed by atoms with Crippen molar-refractivity contribution < 1.29 is 13.2 Å². The quantitative estimate of drug-likeness (QED) is 0.511. The first-order chi connectivity index (χ1) is 6.89. The van der Waals surface area contributed by atoms with Crippen LogP contribution in [0.5, 0.6) is 0 Å². The highest BCUT2D eigenvalue weighted by molar-refractivity contribution is 6.39. The second-order valence-electron chi connectivity index (χ2n) is 3.43. The molecule has 6 heteroatoms. The summed E-state index contributed by atoms with van der Waals surface area (Å²) in [5, 5.41) is 0.535. The first kappa shape index (κ1) is 9.95. The first-order valence-corrected chi connectivity index (χ1v) is 4.34. The van der Waals surface area contributed by atoms with Gasteiger partial charge in [0.15, 0.2) is 0 Å². The third-order valence-corrected chi connectivity index (χ3v) is 2.30. The molecule has 0 bridgehead atoms. The SMILES string of the molecule is Bc1cn(C(F)(F)F)c2ccc(N)cc12. The third kappa shape index (κ3) is 1.56. The molecule has 0 saturated carbocycles. The molecule has 1 heterocycles. The Morgan fingerprint density at radius 2 is 1.93 bits per heavy atom. The molecule has 0 saturated heterocycles. The minimum Gasteiger partial charge on any atom is -0.399 e. The second-order valence-corrected chi connectivity index (χ2v) is 3.43. The van der Waals surface area contributed by atoms with Crippen molar-refractivity contribution in [1.82, 2.24) is 4.57 Å². The van der Waals surface area contributed by atoms with Crippen LogP contribution in [0.15, 0.2) is 24.4 Å². The number of aromatic nitrogens is 1. The lowest BCUT2D eigenvalue weighted by Crippen LogP contribution is -2.15. The number of benzene rings is 1. The van der Waals surface area contributed by atoms with E-state index in [2.05, 4.69) is 0 Å². The number of anilines is 1. The van der Waals surface area contributed by atoms with E-state index >= 15 is 0 Å². The fourth-order valence-corrected chi connectivity index (χ4v) is 1.62. The van der Waals surface area contributed by atoms with Crippen LogP contribution in [0.4, 0.5) is 18.9 Å². The van der Waals surface area contributed by atoms with Gasteiger partial charge in [0.25, 0.3) is 0 Å². The third-order valence-electron chi connectivity index (χ3n) is 2.30. The molecular weight excluding hydrogens is 204 g/mol.